The van der Waals surface area contributed by atoms with Gasteiger partial charge in [0.1, 0.15) is 11.6 Å². The SMILES string of the molecule is Cc1cccc(OCCCCn2c(C(C)NC(=O)C3CCCCC3)nc3ccccc32)c1C. The van der Waals surface area contributed by atoms with Gasteiger partial charge in [0.2, 0.25) is 5.91 Å². The Labute approximate surface area is 197 Å². The van der Waals surface area contributed by atoms with E-state index in [9.17, 15) is 4.79 Å². The number of para-hydroxylation sites is 2. The molecule has 0 bridgehead atoms. The number of benzene rings is 2. The van der Waals surface area contributed by atoms with E-state index < -0.39 is 0 Å². The summed E-state index contributed by atoms with van der Waals surface area (Å²) in [4.78, 5) is 17.7. The second kappa shape index (κ2) is 10.9. The second-order valence-electron chi connectivity index (χ2n) is 9.43. The molecule has 176 valence electrons. The summed E-state index contributed by atoms with van der Waals surface area (Å²) in [5.41, 5.74) is 4.58. The molecule has 0 radical (unpaired) electrons. The number of fused-ring (bicyclic) bond motifs is 1. The minimum atomic E-state index is -0.113. The Morgan fingerprint density at radius 3 is 2.70 bits per heavy atom. The lowest BCUT2D eigenvalue weighted by atomic mass is 9.88. The number of hydrogen-bond acceptors (Lipinski definition) is 3. The molecule has 2 aromatic carbocycles. The quantitative estimate of drug-likeness (QED) is 0.393. The number of unbranched alkanes of at least 4 members (excludes halogenated alkanes) is 1. The number of hydrogen-bond donors (Lipinski definition) is 1. The fourth-order valence-corrected chi connectivity index (χ4v) is 4.85. The van der Waals surface area contributed by atoms with Crippen molar-refractivity contribution >= 4 is 16.9 Å². The summed E-state index contributed by atoms with van der Waals surface area (Å²) >= 11 is 0. The molecule has 1 N–H and O–H groups in total. The summed E-state index contributed by atoms with van der Waals surface area (Å²) in [6.07, 6.45) is 7.54. The number of aryl methyl sites for hydroxylation is 2. The van der Waals surface area contributed by atoms with Crippen LogP contribution in [-0.2, 0) is 11.3 Å². The van der Waals surface area contributed by atoms with Crippen LogP contribution in [0.1, 0.15) is 74.9 Å². The van der Waals surface area contributed by atoms with Crippen molar-refractivity contribution in [1.82, 2.24) is 14.9 Å². The van der Waals surface area contributed by atoms with Crippen LogP contribution in [-0.4, -0.2) is 22.1 Å². The predicted octanol–water partition coefficient (Wildman–Crippen LogP) is 6.27. The maximum Gasteiger partial charge on any atom is 0.223 e. The first-order valence-corrected chi connectivity index (χ1v) is 12.5. The molecule has 1 heterocycles. The van der Waals surface area contributed by atoms with E-state index in [-0.39, 0.29) is 17.9 Å². The molecule has 1 aromatic heterocycles. The summed E-state index contributed by atoms with van der Waals surface area (Å²) in [6, 6.07) is 14.3. The average molecular weight is 448 g/mol. The van der Waals surface area contributed by atoms with Crippen LogP contribution >= 0.6 is 0 Å². The molecule has 0 aliphatic heterocycles. The van der Waals surface area contributed by atoms with E-state index in [0.29, 0.717) is 6.61 Å². The van der Waals surface area contributed by atoms with Crippen LogP contribution in [0.5, 0.6) is 5.75 Å². The minimum absolute atomic E-state index is 0.113. The van der Waals surface area contributed by atoms with E-state index in [0.717, 1.165) is 67.7 Å². The van der Waals surface area contributed by atoms with E-state index in [4.69, 9.17) is 9.72 Å². The van der Waals surface area contributed by atoms with Gasteiger partial charge in [-0.1, -0.05) is 43.5 Å². The van der Waals surface area contributed by atoms with Gasteiger partial charge in [-0.3, -0.25) is 4.79 Å². The Hall–Kier alpha value is -2.82. The highest BCUT2D eigenvalue weighted by molar-refractivity contribution is 5.80. The van der Waals surface area contributed by atoms with Crippen LogP contribution in [0.15, 0.2) is 42.5 Å². The Balaban J connectivity index is 1.39. The van der Waals surface area contributed by atoms with Gasteiger partial charge in [-0.25, -0.2) is 4.98 Å². The molecule has 1 amide bonds. The van der Waals surface area contributed by atoms with Crippen molar-refractivity contribution in [3.63, 3.8) is 0 Å². The number of imidazole rings is 1. The summed E-state index contributed by atoms with van der Waals surface area (Å²) in [5.74, 6) is 2.25. The molecule has 0 saturated heterocycles. The zero-order valence-electron chi connectivity index (χ0n) is 20.3. The van der Waals surface area contributed by atoms with Crippen molar-refractivity contribution < 1.29 is 9.53 Å². The van der Waals surface area contributed by atoms with E-state index in [1.165, 1.54) is 17.5 Å². The van der Waals surface area contributed by atoms with E-state index in [1.807, 2.05) is 18.2 Å². The Kier molecular flexibility index (Phi) is 7.69. The zero-order chi connectivity index (χ0) is 23.2. The van der Waals surface area contributed by atoms with Crippen molar-refractivity contribution in [2.45, 2.75) is 78.3 Å². The third-order valence-electron chi connectivity index (χ3n) is 6.99. The first-order chi connectivity index (χ1) is 16.0. The van der Waals surface area contributed by atoms with E-state index in [1.54, 1.807) is 0 Å². The number of nitrogens with zero attached hydrogens (tertiary/aromatic N) is 2. The largest absolute Gasteiger partial charge is 0.493 e. The first kappa shape index (κ1) is 23.3. The highest BCUT2D eigenvalue weighted by Gasteiger charge is 2.24. The van der Waals surface area contributed by atoms with Gasteiger partial charge >= 0.3 is 0 Å². The van der Waals surface area contributed by atoms with Crippen LogP contribution in [0.4, 0.5) is 0 Å². The van der Waals surface area contributed by atoms with Gasteiger partial charge in [-0.05, 0) is 75.8 Å². The number of rotatable bonds is 9. The van der Waals surface area contributed by atoms with Crippen LogP contribution in [0.25, 0.3) is 11.0 Å². The zero-order valence-corrected chi connectivity index (χ0v) is 20.3. The van der Waals surface area contributed by atoms with E-state index in [2.05, 4.69) is 54.9 Å². The molecule has 5 nitrogen and oxygen atoms in total. The Morgan fingerprint density at radius 2 is 1.88 bits per heavy atom. The molecule has 1 saturated carbocycles. The van der Waals surface area contributed by atoms with Crippen molar-refractivity contribution in [1.29, 1.82) is 0 Å². The molecule has 4 rings (SSSR count). The number of carbonyl (C=O) groups is 1. The fraction of sp³-hybridized carbons (Fsp3) is 0.500. The van der Waals surface area contributed by atoms with Gasteiger partial charge in [0.05, 0.1) is 23.7 Å². The van der Waals surface area contributed by atoms with E-state index >= 15 is 0 Å². The van der Waals surface area contributed by atoms with Crippen molar-refractivity contribution in [2.75, 3.05) is 6.61 Å². The van der Waals surface area contributed by atoms with Gasteiger partial charge in [0, 0.05) is 12.5 Å². The number of aromatic nitrogens is 2. The monoisotopic (exact) mass is 447 g/mol. The Bertz CT molecular complexity index is 1080. The lowest BCUT2D eigenvalue weighted by Gasteiger charge is -2.23. The van der Waals surface area contributed by atoms with Crippen LogP contribution < -0.4 is 10.1 Å². The minimum Gasteiger partial charge on any atom is -0.493 e. The second-order valence-corrected chi connectivity index (χ2v) is 9.43. The van der Waals surface area contributed by atoms with Crippen LogP contribution in [0.2, 0.25) is 0 Å². The number of amides is 1. The van der Waals surface area contributed by atoms with Gasteiger partial charge in [-0.15, -0.1) is 0 Å². The lowest BCUT2D eigenvalue weighted by Crippen LogP contribution is -2.35. The molecule has 1 unspecified atom stereocenters. The molecular formula is C28H37N3O2. The summed E-state index contributed by atoms with van der Waals surface area (Å²) < 4.78 is 8.32. The highest BCUT2D eigenvalue weighted by atomic mass is 16.5. The number of nitrogens with one attached hydrogen (secondary N) is 1. The normalized spacial score (nSPS) is 15.5. The van der Waals surface area contributed by atoms with Gasteiger partial charge in [0.25, 0.3) is 0 Å². The standard InChI is InChI=1S/C28H37N3O2/c1-20-12-11-17-26(21(20)2)33-19-10-9-18-31-25-16-8-7-15-24(25)30-27(31)22(3)29-28(32)23-13-5-4-6-14-23/h7-8,11-12,15-17,22-23H,4-6,9-10,13-14,18-19H2,1-3H3,(H,29,32). The van der Waals surface area contributed by atoms with Crippen molar-refractivity contribution in [3.05, 3.63) is 59.4 Å². The van der Waals surface area contributed by atoms with Gasteiger partial charge in [0.15, 0.2) is 0 Å². The molecular weight excluding hydrogens is 410 g/mol. The summed E-state index contributed by atoms with van der Waals surface area (Å²) in [5, 5.41) is 3.25. The number of carbonyl (C=O) groups excluding carboxylic acids is 1. The molecule has 5 heteroatoms. The first-order valence-electron chi connectivity index (χ1n) is 12.5. The smallest absolute Gasteiger partial charge is 0.223 e. The molecule has 1 aliphatic carbocycles. The van der Waals surface area contributed by atoms with Crippen LogP contribution in [0, 0.1) is 19.8 Å². The Morgan fingerprint density at radius 1 is 1.09 bits per heavy atom. The van der Waals surface area contributed by atoms with Crippen molar-refractivity contribution in [2.24, 2.45) is 5.92 Å². The van der Waals surface area contributed by atoms with Crippen LogP contribution in [0.3, 0.4) is 0 Å². The lowest BCUT2D eigenvalue weighted by molar-refractivity contribution is -0.126. The fourth-order valence-electron chi connectivity index (χ4n) is 4.85. The molecule has 3 aromatic rings. The third kappa shape index (κ3) is 5.58. The third-order valence-corrected chi connectivity index (χ3v) is 6.99. The average Bonchev–Trinajstić information content (AvgIpc) is 3.21. The summed E-state index contributed by atoms with van der Waals surface area (Å²) in [7, 11) is 0. The summed E-state index contributed by atoms with van der Waals surface area (Å²) in [6.45, 7) is 7.83. The topological polar surface area (TPSA) is 56.1 Å². The molecule has 33 heavy (non-hydrogen) atoms. The molecule has 1 fully saturated rings. The number of ether oxygens (including phenoxy) is 1. The van der Waals surface area contributed by atoms with Gasteiger partial charge < -0.3 is 14.6 Å². The predicted molar refractivity (Wildman–Crippen MR) is 134 cm³/mol. The molecule has 1 aliphatic rings. The van der Waals surface area contributed by atoms with Crippen molar-refractivity contribution in [3.8, 4) is 5.75 Å². The highest BCUT2D eigenvalue weighted by Crippen LogP contribution is 2.26. The van der Waals surface area contributed by atoms with Gasteiger partial charge in [-0.2, -0.15) is 0 Å². The maximum atomic E-state index is 12.8. The molecule has 1 atom stereocenters. The molecule has 0 spiro atoms. The maximum absolute atomic E-state index is 12.8.